The molecule has 2 N–H and O–H groups in total. The molecule has 162 valence electrons. The maximum absolute atomic E-state index is 13.5. The molecule has 0 radical (unpaired) electrons. The zero-order chi connectivity index (χ0) is 22.3. The van der Waals surface area contributed by atoms with Crippen LogP contribution in [0.25, 0.3) is 6.08 Å². The van der Waals surface area contributed by atoms with Crippen LogP contribution >= 0.6 is 0 Å². The molecular weight excluding hydrogens is 386 g/mol. The number of Topliss-reactive ketones (excluding diaryl/α,β-unsaturated/α-hetero) is 1. The SMILES string of the molecule is CCCC(=Cc1ccc(N)c(OC)c1)C(=O)c1cc(OC)c(OC)c(OC)c1OC. The monoisotopic (exact) mass is 415 g/mol. The number of nitrogen functional groups attached to an aromatic ring is 1. The molecular formula is C23H29NO6. The second-order valence-electron chi connectivity index (χ2n) is 6.48. The minimum Gasteiger partial charge on any atom is -0.495 e. The third-order valence-corrected chi connectivity index (χ3v) is 4.64. The van der Waals surface area contributed by atoms with Gasteiger partial charge < -0.3 is 29.4 Å². The van der Waals surface area contributed by atoms with Crippen molar-refractivity contribution in [1.82, 2.24) is 0 Å². The predicted molar refractivity (Wildman–Crippen MR) is 117 cm³/mol. The van der Waals surface area contributed by atoms with Crippen LogP contribution in [0.2, 0.25) is 0 Å². The predicted octanol–water partition coefficient (Wildman–Crippen LogP) is 4.38. The van der Waals surface area contributed by atoms with Gasteiger partial charge in [0, 0.05) is 5.57 Å². The minimum absolute atomic E-state index is 0.191. The molecule has 0 atom stereocenters. The van der Waals surface area contributed by atoms with E-state index in [9.17, 15) is 4.79 Å². The Hall–Kier alpha value is -3.35. The van der Waals surface area contributed by atoms with E-state index in [1.54, 1.807) is 25.3 Å². The van der Waals surface area contributed by atoms with Gasteiger partial charge in [-0.3, -0.25) is 4.79 Å². The second-order valence-corrected chi connectivity index (χ2v) is 6.48. The van der Waals surface area contributed by atoms with Crippen molar-refractivity contribution in [1.29, 1.82) is 0 Å². The van der Waals surface area contributed by atoms with Crippen LogP contribution in [0.15, 0.2) is 29.8 Å². The van der Waals surface area contributed by atoms with Gasteiger partial charge in [0.2, 0.25) is 11.5 Å². The van der Waals surface area contributed by atoms with Gasteiger partial charge in [0.15, 0.2) is 17.3 Å². The van der Waals surface area contributed by atoms with Gasteiger partial charge >= 0.3 is 0 Å². The molecule has 0 fully saturated rings. The first kappa shape index (κ1) is 22.9. The number of hydrogen-bond acceptors (Lipinski definition) is 7. The van der Waals surface area contributed by atoms with E-state index in [1.165, 1.54) is 28.4 Å². The molecule has 0 unspecified atom stereocenters. The summed E-state index contributed by atoms with van der Waals surface area (Å²) in [5.74, 6) is 1.69. The lowest BCUT2D eigenvalue weighted by Crippen LogP contribution is -2.09. The highest BCUT2D eigenvalue weighted by Gasteiger charge is 2.26. The van der Waals surface area contributed by atoms with Gasteiger partial charge in [-0.05, 0) is 36.3 Å². The molecule has 2 aromatic rings. The van der Waals surface area contributed by atoms with E-state index >= 15 is 0 Å². The van der Waals surface area contributed by atoms with Crippen LogP contribution in [0.3, 0.4) is 0 Å². The summed E-state index contributed by atoms with van der Waals surface area (Å²) < 4.78 is 27.1. The summed E-state index contributed by atoms with van der Waals surface area (Å²) in [7, 11) is 7.52. The highest BCUT2D eigenvalue weighted by atomic mass is 16.5. The van der Waals surface area contributed by atoms with Crippen molar-refractivity contribution in [3.63, 3.8) is 0 Å². The Morgan fingerprint density at radius 1 is 0.867 bits per heavy atom. The second kappa shape index (κ2) is 10.4. The normalized spacial score (nSPS) is 11.1. The molecule has 0 heterocycles. The molecule has 0 spiro atoms. The summed E-state index contributed by atoms with van der Waals surface area (Å²) >= 11 is 0. The number of carbonyl (C=O) groups is 1. The Morgan fingerprint density at radius 2 is 1.50 bits per heavy atom. The van der Waals surface area contributed by atoms with E-state index < -0.39 is 0 Å². The molecule has 0 aliphatic rings. The van der Waals surface area contributed by atoms with Crippen molar-refractivity contribution < 1.29 is 28.5 Å². The highest BCUT2D eigenvalue weighted by molar-refractivity contribution is 6.13. The number of ether oxygens (including phenoxy) is 5. The molecule has 0 saturated carbocycles. The Labute approximate surface area is 177 Å². The fourth-order valence-corrected chi connectivity index (χ4v) is 3.21. The number of rotatable bonds is 10. The fourth-order valence-electron chi connectivity index (χ4n) is 3.21. The number of ketones is 1. The summed E-state index contributed by atoms with van der Waals surface area (Å²) in [4.78, 5) is 13.5. The lowest BCUT2D eigenvalue weighted by molar-refractivity contribution is 0.102. The standard InChI is InChI=1S/C23H29NO6/c1-7-8-15(11-14-9-10-17(24)18(12-14)26-2)20(25)16-13-19(27-3)22(29-5)23(30-6)21(16)28-4/h9-13H,7-8,24H2,1-6H3. The van der Waals surface area contributed by atoms with Crippen molar-refractivity contribution in [2.45, 2.75) is 19.8 Å². The molecule has 0 aliphatic heterocycles. The van der Waals surface area contributed by atoms with Crippen LogP contribution in [0.1, 0.15) is 35.7 Å². The average Bonchev–Trinajstić information content (AvgIpc) is 2.77. The first-order valence-electron chi connectivity index (χ1n) is 9.51. The van der Waals surface area contributed by atoms with Crippen molar-refractivity contribution in [2.75, 3.05) is 41.3 Å². The Bertz CT molecular complexity index is 936. The number of hydrogen-bond donors (Lipinski definition) is 1. The number of anilines is 1. The summed E-state index contributed by atoms with van der Waals surface area (Å²) in [6.07, 6.45) is 3.19. The Balaban J connectivity index is 2.64. The maximum atomic E-state index is 13.5. The van der Waals surface area contributed by atoms with E-state index in [1.807, 2.05) is 19.1 Å². The highest BCUT2D eigenvalue weighted by Crippen LogP contribution is 2.47. The Kier molecular flexibility index (Phi) is 7.98. The summed E-state index contributed by atoms with van der Waals surface area (Å²) in [5.41, 5.74) is 8.18. The van der Waals surface area contributed by atoms with Crippen LogP contribution in [0, 0.1) is 0 Å². The van der Waals surface area contributed by atoms with Crippen LogP contribution in [-0.4, -0.2) is 41.3 Å². The molecule has 7 heteroatoms. The topological polar surface area (TPSA) is 89.2 Å². The molecule has 7 nitrogen and oxygen atoms in total. The summed E-state index contributed by atoms with van der Waals surface area (Å²) in [6.45, 7) is 2.01. The molecule has 2 aromatic carbocycles. The molecule has 0 bridgehead atoms. The van der Waals surface area contributed by atoms with E-state index in [0.29, 0.717) is 46.2 Å². The fraction of sp³-hybridized carbons (Fsp3) is 0.348. The van der Waals surface area contributed by atoms with Crippen molar-refractivity contribution in [2.24, 2.45) is 0 Å². The Morgan fingerprint density at radius 3 is 2.03 bits per heavy atom. The minimum atomic E-state index is -0.191. The third kappa shape index (κ3) is 4.62. The van der Waals surface area contributed by atoms with Gasteiger partial charge in [0.05, 0.1) is 46.8 Å². The van der Waals surface area contributed by atoms with E-state index in [2.05, 4.69) is 0 Å². The number of allylic oxidation sites excluding steroid dienone is 1. The number of nitrogens with two attached hydrogens (primary N) is 1. The largest absolute Gasteiger partial charge is 0.495 e. The molecule has 30 heavy (non-hydrogen) atoms. The van der Waals surface area contributed by atoms with Gasteiger partial charge in [0.25, 0.3) is 0 Å². The smallest absolute Gasteiger partial charge is 0.208 e. The lowest BCUT2D eigenvalue weighted by Gasteiger charge is -2.18. The van der Waals surface area contributed by atoms with Crippen LogP contribution in [-0.2, 0) is 0 Å². The van der Waals surface area contributed by atoms with Crippen LogP contribution < -0.4 is 29.4 Å². The molecule has 2 rings (SSSR count). The number of benzene rings is 2. The molecule has 0 saturated heterocycles. The summed E-state index contributed by atoms with van der Waals surface area (Å²) in [6, 6.07) is 6.99. The van der Waals surface area contributed by atoms with Gasteiger partial charge in [-0.1, -0.05) is 19.4 Å². The van der Waals surface area contributed by atoms with Crippen molar-refractivity contribution in [3.8, 4) is 28.7 Å². The third-order valence-electron chi connectivity index (χ3n) is 4.64. The van der Waals surface area contributed by atoms with E-state index in [4.69, 9.17) is 29.4 Å². The van der Waals surface area contributed by atoms with Crippen LogP contribution in [0.4, 0.5) is 5.69 Å². The van der Waals surface area contributed by atoms with Gasteiger partial charge in [0.1, 0.15) is 5.75 Å². The van der Waals surface area contributed by atoms with E-state index in [-0.39, 0.29) is 11.5 Å². The number of carbonyl (C=O) groups excluding carboxylic acids is 1. The van der Waals surface area contributed by atoms with Gasteiger partial charge in [-0.25, -0.2) is 0 Å². The van der Waals surface area contributed by atoms with E-state index in [0.717, 1.165) is 12.0 Å². The first-order valence-corrected chi connectivity index (χ1v) is 9.51. The van der Waals surface area contributed by atoms with Crippen molar-refractivity contribution >= 4 is 17.5 Å². The molecule has 0 amide bonds. The first-order chi connectivity index (χ1) is 14.4. The van der Waals surface area contributed by atoms with Crippen LogP contribution in [0.5, 0.6) is 28.7 Å². The van der Waals surface area contributed by atoms with Crippen molar-refractivity contribution in [3.05, 3.63) is 41.0 Å². The van der Waals surface area contributed by atoms with Gasteiger partial charge in [-0.2, -0.15) is 0 Å². The average molecular weight is 415 g/mol. The maximum Gasteiger partial charge on any atom is 0.208 e. The quantitative estimate of drug-likeness (QED) is 0.350. The summed E-state index contributed by atoms with van der Waals surface area (Å²) in [5, 5.41) is 0. The van der Waals surface area contributed by atoms with Gasteiger partial charge in [-0.15, -0.1) is 0 Å². The zero-order valence-electron chi connectivity index (χ0n) is 18.3. The molecule has 0 aliphatic carbocycles. The number of methoxy groups -OCH3 is 5. The zero-order valence-corrected chi connectivity index (χ0v) is 18.3. The molecule has 0 aromatic heterocycles. The lowest BCUT2D eigenvalue weighted by atomic mass is 9.96.